The van der Waals surface area contributed by atoms with Crippen LogP contribution >= 0.6 is 15.9 Å². The molecule has 2 nitrogen and oxygen atoms in total. The summed E-state index contributed by atoms with van der Waals surface area (Å²) in [6.07, 6.45) is 1.48. The van der Waals surface area contributed by atoms with E-state index in [4.69, 9.17) is 5.11 Å². The van der Waals surface area contributed by atoms with Crippen LogP contribution in [0, 0.1) is 5.92 Å². The second-order valence-corrected chi connectivity index (χ2v) is 4.22. The summed E-state index contributed by atoms with van der Waals surface area (Å²) in [5.41, 5.74) is 1.17. The second-order valence-electron chi connectivity index (χ2n) is 3.37. The van der Waals surface area contributed by atoms with E-state index in [9.17, 15) is 4.79 Å². The van der Waals surface area contributed by atoms with Gasteiger partial charge in [0.2, 0.25) is 0 Å². The van der Waals surface area contributed by atoms with Gasteiger partial charge in [-0.1, -0.05) is 41.1 Å². The Labute approximate surface area is 92.1 Å². The summed E-state index contributed by atoms with van der Waals surface area (Å²) in [7, 11) is 0. The summed E-state index contributed by atoms with van der Waals surface area (Å²) < 4.78 is 1.05. The van der Waals surface area contributed by atoms with Gasteiger partial charge in [0.25, 0.3) is 0 Å². The molecule has 0 spiro atoms. The van der Waals surface area contributed by atoms with E-state index in [0.29, 0.717) is 6.42 Å². The largest absolute Gasteiger partial charge is 0.481 e. The Morgan fingerprint density at radius 3 is 2.71 bits per heavy atom. The Kier molecular flexibility index (Phi) is 4.14. The molecule has 3 heteroatoms. The fourth-order valence-corrected chi connectivity index (χ4v) is 1.68. The third-order valence-electron chi connectivity index (χ3n) is 2.23. The standard InChI is InChI=1S/C11H13BrO2/c1-8(11(13)14)6-7-9-4-2-3-5-10(9)12/h2-5,8H,6-7H2,1H3,(H,13,14). The summed E-state index contributed by atoms with van der Waals surface area (Å²) in [5.74, 6) is -1.00. The van der Waals surface area contributed by atoms with Crippen LogP contribution in [0.4, 0.5) is 0 Å². The SMILES string of the molecule is CC(CCc1ccccc1Br)C(=O)O. The zero-order valence-electron chi connectivity index (χ0n) is 8.03. The van der Waals surface area contributed by atoms with Crippen LogP contribution in [0.3, 0.4) is 0 Å². The van der Waals surface area contributed by atoms with Crippen LogP contribution < -0.4 is 0 Å². The van der Waals surface area contributed by atoms with Crippen molar-refractivity contribution in [2.45, 2.75) is 19.8 Å². The van der Waals surface area contributed by atoms with Crippen molar-refractivity contribution in [2.75, 3.05) is 0 Å². The van der Waals surface area contributed by atoms with E-state index in [2.05, 4.69) is 15.9 Å². The average Bonchev–Trinajstić information content (AvgIpc) is 2.16. The van der Waals surface area contributed by atoms with E-state index in [1.54, 1.807) is 6.92 Å². The summed E-state index contributed by atoms with van der Waals surface area (Å²) in [6, 6.07) is 7.90. The Morgan fingerprint density at radius 2 is 2.14 bits per heavy atom. The van der Waals surface area contributed by atoms with Crippen molar-refractivity contribution in [2.24, 2.45) is 5.92 Å². The molecule has 0 aliphatic rings. The molecular weight excluding hydrogens is 244 g/mol. The Bertz CT molecular complexity index is 323. The Hall–Kier alpha value is -0.830. The van der Waals surface area contributed by atoms with Crippen molar-refractivity contribution < 1.29 is 9.90 Å². The molecule has 0 bridgehead atoms. The van der Waals surface area contributed by atoms with Crippen LogP contribution in [0.2, 0.25) is 0 Å². The molecule has 0 aromatic heterocycles. The van der Waals surface area contributed by atoms with E-state index in [-0.39, 0.29) is 5.92 Å². The number of aryl methyl sites for hydroxylation is 1. The van der Waals surface area contributed by atoms with Crippen LogP contribution in [0.25, 0.3) is 0 Å². The van der Waals surface area contributed by atoms with Gasteiger partial charge in [-0.3, -0.25) is 4.79 Å². The van der Waals surface area contributed by atoms with E-state index < -0.39 is 5.97 Å². The molecule has 0 heterocycles. The molecule has 1 aromatic carbocycles. The van der Waals surface area contributed by atoms with E-state index in [0.717, 1.165) is 10.9 Å². The summed E-state index contributed by atoms with van der Waals surface area (Å²) in [6.45, 7) is 1.74. The molecule has 14 heavy (non-hydrogen) atoms. The molecule has 1 atom stereocenters. The Balaban J connectivity index is 2.54. The lowest BCUT2D eigenvalue weighted by Gasteiger charge is -2.07. The van der Waals surface area contributed by atoms with Crippen molar-refractivity contribution >= 4 is 21.9 Å². The monoisotopic (exact) mass is 256 g/mol. The highest BCUT2D eigenvalue weighted by Crippen LogP contribution is 2.19. The lowest BCUT2D eigenvalue weighted by Crippen LogP contribution is -2.10. The van der Waals surface area contributed by atoms with Crippen molar-refractivity contribution in [3.05, 3.63) is 34.3 Å². The topological polar surface area (TPSA) is 37.3 Å². The molecule has 76 valence electrons. The molecule has 0 aliphatic heterocycles. The molecule has 1 aromatic rings. The molecular formula is C11H13BrO2. The first kappa shape index (κ1) is 11.2. The molecule has 0 saturated heterocycles. The smallest absolute Gasteiger partial charge is 0.306 e. The summed E-state index contributed by atoms with van der Waals surface area (Å²) >= 11 is 3.44. The minimum atomic E-state index is -0.725. The van der Waals surface area contributed by atoms with Gasteiger partial charge in [0, 0.05) is 4.47 Å². The van der Waals surface area contributed by atoms with Gasteiger partial charge < -0.3 is 5.11 Å². The lowest BCUT2D eigenvalue weighted by molar-refractivity contribution is -0.141. The molecule has 0 saturated carbocycles. The first-order valence-corrected chi connectivity index (χ1v) is 5.36. The van der Waals surface area contributed by atoms with Crippen LogP contribution in [-0.4, -0.2) is 11.1 Å². The van der Waals surface area contributed by atoms with Gasteiger partial charge in [-0.25, -0.2) is 0 Å². The van der Waals surface area contributed by atoms with Gasteiger partial charge >= 0.3 is 5.97 Å². The van der Waals surface area contributed by atoms with Crippen molar-refractivity contribution in [1.29, 1.82) is 0 Å². The van der Waals surface area contributed by atoms with E-state index >= 15 is 0 Å². The van der Waals surface area contributed by atoms with Gasteiger partial charge in [-0.05, 0) is 24.5 Å². The maximum atomic E-state index is 10.6. The number of benzene rings is 1. The fourth-order valence-electron chi connectivity index (χ4n) is 1.20. The minimum Gasteiger partial charge on any atom is -0.481 e. The normalized spacial score (nSPS) is 12.4. The number of halogens is 1. The van der Waals surface area contributed by atoms with Crippen LogP contribution in [0.1, 0.15) is 18.9 Å². The maximum Gasteiger partial charge on any atom is 0.306 e. The minimum absolute atomic E-state index is 0.276. The van der Waals surface area contributed by atoms with Crippen molar-refractivity contribution in [3.8, 4) is 0 Å². The first-order valence-electron chi connectivity index (χ1n) is 4.57. The quantitative estimate of drug-likeness (QED) is 0.899. The number of rotatable bonds is 4. The highest BCUT2D eigenvalue weighted by atomic mass is 79.9. The number of carboxylic acid groups (broad SMARTS) is 1. The van der Waals surface area contributed by atoms with E-state index in [1.807, 2.05) is 24.3 Å². The molecule has 1 unspecified atom stereocenters. The first-order chi connectivity index (χ1) is 6.61. The highest BCUT2D eigenvalue weighted by Gasteiger charge is 2.10. The van der Waals surface area contributed by atoms with Gasteiger partial charge in [-0.2, -0.15) is 0 Å². The van der Waals surface area contributed by atoms with Gasteiger partial charge in [0.15, 0.2) is 0 Å². The average molecular weight is 257 g/mol. The predicted octanol–water partition coefficient (Wildman–Crippen LogP) is 3.10. The third-order valence-corrected chi connectivity index (χ3v) is 3.00. The zero-order chi connectivity index (χ0) is 10.6. The predicted molar refractivity (Wildman–Crippen MR) is 59.3 cm³/mol. The van der Waals surface area contributed by atoms with Crippen LogP contribution in [0.5, 0.6) is 0 Å². The Morgan fingerprint density at radius 1 is 1.50 bits per heavy atom. The maximum absolute atomic E-state index is 10.6. The summed E-state index contributed by atoms with van der Waals surface area (Å²) in [4.78, 5) is 10.6. The molecule has 0 radical (unpaired) electrons. The number of carboxylic acids is 1. The van der Waals surface area contributed by atoms with Crippen LogP contribution in [0.15, 0.2) is 28.7 Å². The lowest BCUT2D eigenvalue weighted by atomic mass is 10.0. The molecule has 1 rings (SSSR count). The van der Waals surface area contributed by atoms with Crippen molar-refractivity contribution in [1.82, 2.24) is 0 Å². The van der Waals surface area contributed by atoms with Gasteiger partial charge in [0.05, 0.1) is 5.92 Å². The second kappa shape index (κ2) is 5.15. The number of carbonyl (C=O) groups is 1. The number of hydrogen-bond donors (Lipinski definition) is 1. The molecule has 1 N–H and O–H groups in total. The van der Waals surface area contributed by atoms with Crippen molar-refractivity contribution in [3.63, 3.8) is 0 Å². The third kappa shape index (κ3) is 3.14. The van der Waals surface area contributed by atoms with Gasteiger partial charge in [0.1, 0.15) is 0 Å². The highest BCUT2D eigenvalue weighted by molar-refractivity contribution is 9.10. The van der Waals surface area contributed by atoms with E-state index in [1.165, 1.54) is 5.56 Å². The zero-order valence-corrected chi connectivity index (χ0v) is 9.62. The summed E-state index contributed by atoms with van der Waals surface area (Å²) in [5, 5.41) is 8.72. The van der Waals surface area contributed by atoms with Crippen LogP contribution in [-0.2, 0) is 11.2 Å². The number of aliphatic carboxylic acids is 1. The fraction of sp³-hybridized carbons (Fsp3) is 0.364. The molecule has 0 amide bonds. The molecule has 0 fully saturated rings. The molecule has 0 aliphatic carbocycles. The number of hydrogen-bond acceptors (Lipinski definition) is 1. The van der Waals surface area contributed by atoms with Gasteiger partial charge in [-0.15, -0.1) is 0 Å².